The van der Waals surface area contributed by atoms with Gasteiger partial charge in [-0.3, -0.25) is 0 Å². The third-order valence-electron chi connectivity index (χ3n) is 2.37. The summed E-state index contributed by atoms with van der Waals surface area (Å²) in [7, 11) is 0. The summed E-state index contributed by atoms with van der Waals surface area (Å²) < 4.78 is 37.6. The molecule has 0 fully saturated rings. The zero-order valence-corrected chi connectivity index (χ0v) is 9.38. The molecule has 0 aliphatic heterocycles. The van der Waals surface area contributed by atoms with Crippen LogP contribution in [-0.2, 0) is 6.18 Å². The number of nitrogen functional groups attached to an aromatic ring is 1. The lowest BCUT2D eigenvalue weighted by molar-refractivity contribution is -0.136. The van der Waals surface area contributed by atoms with Gasteiger partial charge in [0.05, 0.1) is 11.7 Å². The van der Waals surface area contributed by atoms with Crippen LogP contribution in [-0.4, -0.2) is 17.8 Å². The number of nitrogens with two attached hydrogens (primary N) is 1. The molecule has 1 unspecified atom stereocenters. The van der Waals surface area contributed by atoms with E-state index in [1.807, 2.05) is 0 Å². The summed E-state index contributed by atoms with van der Waals surface area (Å²) in [4.78, 5) is 0. The molecule has 1 atom stereocenters. The number of benzene rings is 1. The molecule has 3 nitrogen and oxygen atoms in total. The fourth-order valence-corrected chi connectivity index (χ4v) is 1.29. The van der Waals surface area contributed by atoms with Crippen LogP contribution in [0.4, 0.5) is 24.5 Å². The molecule has 0 heterocycles. The van der Waals surface area contributed by atoms with Gasteiger partial charge in [-0.05, 0) is 24.6 Å². The monoisotopic (exact) mass is 248 g/mol. The van der Waals surface area contributed by atoms with E-state index in [2.05, 4.69) is 5.32 Å². The van der Waals surface area contributed by atoms with Gasteiger partial charge in [-0.2, -0.15) is 13.2 Å². The van der Waals surface area contributed by atoms with Gasteiger partial charge in [0.25, 0.3) is 0 Å². The minimum Gasteiger partial charge on any atom is -0.398 e. The van der Waals surface area contributed by atoms with Crippen LogP contribution in [0.5, 0.6) is 0 Å². The second-order valence-electron chi connectivity index (χ2n) is 3.74. The minimum atomic E-state index is -4.47. The zero-order valence-electron chi connectivity index (χ0n) is 9.38. The number of halogens is 3. The SMILES string of the molecule is CCC(O)CNc1ccc(N)c(C(F)(F)F)c1. The number of hydrogen-bond acceptors (Lipinski definition) is 3. The fourth-order valence-electron chi connectivity index (χ4n) is 1.29. The van der Waals surface area contributed by atoms with Crippen molar-refractivity contribution in [2.45, 2.75) is 25.6 Å². The van der Waals surface area contributed by atoms with E-state index in [0.29, 0.717) is 12.1 Å². The van der Waals surface area contributed by atoms with E-state index in [4.69, 9.17) is 5.73 Å². The highest BCUT2D eigenvalue weighted by Gasteiger charge is 2.33. The first-order chi connectivity index (χ1) is 7.84. The molecule has 0 saturated carbocycles. The van der Waals surface area contributed by atoms with Gasteiger partial charge in [0.15, 0.2) is 0 Å². The van der Waals surface area contributed by atoms with Crippen molar-refractivity contribution in [2.75, 3.05) is 17.6 Å². The molecule has 6 heteroatoms. The number of alkyl halides is 3. The molecule has 0 amide bonds. The Bertz CT molecular complexity index is 379. The molecule has 96 valence electrons. The van der Waals surface area contributed by atoms with Gasteiger partial charge in [0.2, 0.25) is 0 Å². The predicted octanol–water partition coefficient (Wildman–Crippen LogP) is 2.47. The summed E-state index contributed by atoms with van der Waals surface area (Å²) in [5.74, 6) is 0. The third kappa shape index (κ3) is 3.81. The van der Waals surface area contributed by atoms with E-state index in [1.165, 1.54) is 12.1 Å². The van der Waals surface area contributed by atoms with Crippen LogP contribution < -0.4 is 11.1 Å². The van der Waals surface area contributed by atoms with Gasteiger partial charge in [0, 0.05) is 17.9 Å². The summed E-state index contributed by atoms with van der Waals surface area (Å²) in [6.07, 6.45) is -4.51. The standard InChI is InChI=1S/C11H15F3N2O/c1-2-8(17)6-16-7-3-4-10(15)9(5-7)11(12,13)14/h3-5,8,16-17H,2,6,15H2,1H3. The molecule has 0 spiro atoms. The Hall–Kier alpha value is -1.43. The van der Waals surface area contributed by atoms with E-state index in [9.17, 15) is 18.3 Å². The highest BCUT2D eigenvalue weighted by molar-refractivity contribution is 5.58. The van der Waals surface area contributed by atoms with Crippen LogP contribution in [0.2, 0.25) is 0 Å². The van der Waals surface area contributed by atoms with Crippen molar-refractivity contribution in [1.29, 1.82) is 0 Å². The largest absolute Gasteiger partial charge is 0.418 e. The van der Waals surface area contributed by atoms with E-state index in [1.54, 1.807) is 6.92 Å². The van der Waals surface area contributed by atoms with Gasteiger partial charge < -0.3 is 16.2 Å². The van der Waals surface area contributed by atoms with Gasteiger partial charge >= 0.3 is 6.18 Å². The van der Waals surface area contributed by atoms with Crippen molar-refractivity contribution in [3.05, 3.63) is 23.8 Å². The lowest BCUT2D eigenvalue weighted by Crippen LogP contribution is -2.18. The van der Waals surface area contributed by atoms with E-state index >= 15 is 0 Å². The minimum absolute atomic E-state index is 0.206. The highest BCUT2D eigenvalue weighted by atomic mass is 19.4. The van der Waals surface area contributed by atoms with Gasteiger partial charge in [0.1, 0.15) is 0 Å². The molecule has 0 aliphatic carbocycles. The zero-order chi connectivity index (χ0) is 13.1. The van der Waals surface area contributed by atoms with Crippen LogP contribution in [0.15, 0.2) is 18.2 Å². The highest BCUT2D eigenvalue weighted by Crippen LogP contribution is 2.35. The van der Waals surface area contributed by atoms with Crippen molar-refractivity contribution >= 4 is 11.4 Å². The van der Waals surface area contributed by atoms with Crippen LogP contribution in [0.3, 0.4) is 0 Å². The van der Waals surface area contributed by atoms with Crippen molar-refractivity contribution < 1.29 is 18.3 Å². The Morgan fingerprint density at radius 3 is 2.59 bits per heavy atom. The Kier molecular flexibility index (Phi) is 4.22. The van der Waals surface area contributed by atoms with Crippen LogP contribution >= 0.6 is 0 Å². The molecule has 0 bridgehead atoms. The molecule has 1 aromatic carbocycles. The molecule has 4 N–H and O–H groups in total. The van der Waals surface area contributed by atoms with Crippen molar-refractivity contribution in [2.24, 2.45) is 0 Å². The lowest BCUT2D eigenvalue weighted by atomic mass is 10.1. The first kappa shape index (κ1) is 13.6. The third-order valence-corrected chi connectivity index (χ3v) is 2.37. The number of aliphatic hydroxyl groups is 1. The average molecular weight is 248 g/mol. The van der Waals surface area contributed by atoms with E-state index < -0.39 is 17.8 Å². The van der Waals surface area contributed by atoms with Gasteiger partial charge in [-0.1, -0.05) is 6.92 Å². The first-order valence-corrected chi connectivity index (χ1v) is 5.23. The Labute approximate surface area is 97.4 Å². The molecular weight excluding hydrogens is 233 g/mol. The molecule has 1 aromatic rings. The maximum atomic E-state index is 12.5. The molecule has 0 saturated heterocycles. The molecule has 0 radical (unpaired) electrons. The molecular formula is C11H15F3N2O. The summed E-state index contributed by atoms with van der Waals surface area (Å²) in [5.41, 5.74) is 4.38. The quantitative estimate of drug-likeness (QED) is 0.717. The van der Waals surface area contributed by atoms with Crippen molar-refractivity contribution in [1.82, 2.24) is 0 Å². The Morgan fingerprint density at radius 1 is 1.41 bits per heavy atom. The first-order valence-electron chi connectivity index (χ1n) is 5.23. The molecule has 17 heavy (non-hydrogen) atoms. The second kappa shape index (κ2) is 5.27. The maximum absolute atomic E-state index is 12.5. The Balaban J connectivity index is 2.82. The molecule has 0 aromatic heterocycles. The van der Waals surface area contributed by atoms with E-state index in [0.717, 1.165) is 6.07 Å². The topological polar surface area (TPSA) is 58.3 Å². The van der Waals surface area contributed by atoms with Crippen molar-refractivity contribution in [3.8, 4) is 0 Å². The fraction of sp³-hybridized carbons (Fsp3) is 0.455. The normalized spacial score (nSPS) is 13.5. The number of anilines is 2. The van der Waals surface area contributed by atoms with Crippen LogP contribution in [0.25, 0.3) is 0 Å². The number of hydrogen-bond donors (Lipinski definition) is 3. The van der Waals surface area contributed by atoms with Crippen molar-refractivity contribution in [3.63, 3.8) is 0 Å². The van der Waals surface area contributed by atoms with Crippen LogP contribution in [0, 0.1) is 0 Å². The van der Waals surface area contributed by atoms with E-state index in [-0.39, 0.29) is 12.2 Å². The summed E-state index contributed by atoms with van der Waals surface area (Å²) in [5, 5.41) is 12.0. The number of nitrogens with one attached hydrogen (secondary N) is 1. The Morgan fingerprint density at radius 2 is 2.06 bits per heavy atom. The lowest BCUT2D eigenvalue weighted by Gasteiger charge is -2.14. The summed E-state index contributed by atoms with van der Waals surface area (Å²) >= 11 is 0. The van der Waals surface area contributed by atoms with Gasteiger partial charge in [-0.15, -0.1) is 0 Å². The predicted molar refractivity (Wildman–Crippen MR) is 60.6 cm³/mol. The average Bonchev–Trinajstić information content (AvgIpc) is 2.26. The summed E-state index contributed by atoms with van der Waals surface area (Å²) in [6.45, 7) is 1.99. The second-order valence-corrected chi connectivity index (χ2v) is 3.74. The molecule has 0 aliphatic rings. The number of rotatable bonds is 4. The maximum Gasteiger partial charge on any atom is 0.418 e. The summed E-state index contributed by atoms with van der Waals surface area (Å²) in [6, 6.07) is 3.59. The molecule has 1 rings (SSSR count). The van der Waals surface area contributed by atoms with Crippen LogP contribution in [0.1, 0.15) is 18.9 Å². The number of aliphatic hydroxyl groups excluding tert-OH is 1. The smallest absolute Gasteiger partial charge is 0.398 e. The van der Waals surface area contributed by atoms with Gasteiger partial charge in [-0.25, -0.2) is 0 Å².